The number of carbonyl (C=O) groups excluding carboxylic acids is 1. The van der Waals surface area contributed by atoms with Gasteiger partial charge in [-0.1, -0.05) is 23.7 Å². The quantitative estimate of drug-likeness (QED) is 0.350. The monoisotopic (exact) mass is 537 g/mol. The number of halogens is 1. The number of nitrogens with zero attached hydrogens (tertiary/aromatic N) is 4. The zero-order valence-electron chi connectivity index (χ0n) is 20.7. The van der Waals surface area contributed by atoms with E-state index < -0.39 is 0 Å². The normalized spacial score (nSPS) is 16.8. The van der Waals surface area contributed by atoms with Gasteiger partial charge >= 0.3 is 6.09 Å². The van der Waals surface area contributed by atoms with Crippen LogP contribution in [-0.4, -0.2) is 44.7 Å². The van der Waals surface area contributed by atoms with Crippen molar-refractivity contribution in [2.45, 2.75) is 45.7 Å². The van der Waals surface area contributed by atoms with Gasteiger partial charge in [-0.15, -0.1) is 11.3 Å². The Labute approximate surface area is 223 Å². The van der Waals surface area contributed by atoms with Gasteiger partial charge < -0.3 is 15.4 Å². The molecule has 1 unspecified atom stereocenters. The summed E-state index contributed by atoms with van der Waals surface area (Å²) in [4.78, 5) is 34.9. The van der Waals surface area contributed by atoms with Crippen LogP contribution in [0.2, 0.25) is 5.02 Å². The van der Waals surface area contributed by atoms with Gasteiger partial charge in [0.1, 0.15) is 12.4 Å². The second-order valence-corrected chi connectivity index (χ2v) is 10.8. The van der Waals surface area contributed by atoms with E-state index in [9.17, 15) is 9.59 Å². The highest BCUT2D eigenvalue weighted by Gasteiger charge is 2.34. The molecule has 4 aromatic rings. The molecule has 0 bridgehead atoms. The van der Waals surface area contributed by atoms with Crippen molar-refractivity contribution in [3.63, 3.8) is 0 Å². The standard InChI is InChI=1S/C20H17ClN4OS.C7H11NO2/c1-11-23-18-8-15(19-10-27-12(2)24-19)17(22)7-16(18)20(26)25(11)9-13-3-5-14(21)6-4-13;9-7-8-4-2-1-3-6(8)5-10-7/h3-8,10H,9,22H2,1-2H3;6H,1-5H2. The minimum absolute atomic E-state index is 0.107. The third-order valence-electron chi connectivity index (χ3n) is 6.73. The van der Waals surface area contributed by atoms with Crippen molar-refractivity contribution in [1.82, 2.24) is 19.4 Å². The number of hydrogen-bond donors (Lipinski definition) is 1. The number of anilines is 1. The lowest BCUT2D eigenvalue weighted by molar-refractivity contribution is 0.154. The second-order valence-electron chi connectivity index (χ2n) is 9.31. The average Bonchev–Trinajstić information content (AvgIpc) is 3.49. The molecule has 8 nitrogen and oxygen atoms in total. The highest BCUT2D eigenvalue weighted by molar-refractivity contribution is 7.09. The van der Waals surface area contributed by atoms with Crippen LogP contribution in [0.3, 0.4) is 0 Å². The van der Waals surface area contributed by atoms with Crippen molar-refractivity contribution in [2.75, 3.05) is 18.9 Å². The maximum Gasteiger partial charge on any atom is 0.410 e. The van der Waals surface area contributed by atoms with E-state index in [4.69, 9.17) is 22.1 Å². The molecule has 0 saturated carbocycles. The van der Waals surface area contributed by atoms with Gasteiger partial charge in [-0.3, -0.25) is 9.36 Å². The molecule has 2 saturated heterocycles. The SMILES string of the molecule is Cc1nc(-c2cc3nc(C)n(Cc4ccc(Cl)cc4)c(=O)c3cc2N)cs1.O=C1OCC2CCCCN12. The van der Waals surface area contributed by atoms with Crippen LogP contribution in [0, 0.1) is 13.8 Å². The average molecular weight is 538 g/mol. The van der Waals surface area contributed by atoms with Crippen molar-refractivity contribution >= 4 is 45.6 Å². The Bertz CT molecular complexity index is 1520. The van der Waals surface area contributed by atoms with E-state index in [-0.39, 0.29) is 11.7 Å². The van der Waals surface area contributed by atoms with Crippen LogP contribution in [-0.2, 0) is 11.3 Å². The fraction of sp³-hybridized carbons (Fsp3) is 0.333. The van der Waals surface area contributed by atoms with Crippen molar-refractivity contribution in [3.8, 4) is 11.3 Å². The van der Waals surface area contributed by atoms with E-state index in [0.29, 0.717) is 46.6 Å². The predicted octanol–water partition coefficient (Wildman–Crippen LogP) is 5.41. The molecule has 2 aromatic heterocycles. The molecular weight excluding hydrogens is 510 g/mol. The first-order chi connectivity index (χ1) is 17.8. The van der Waals surface area contributed by atoms with Crippen molar-refractivity contribution in [3.05, 3.63) is 73.6 Å². The first-order valence-electron chi connectivity index (χ1n) is 12.2. The number of aromatic nitrogens is 3. The highest BCUT2D eigenvalue weighted by atomic mass is 35.5. The zero-order chi connectivity index (χ0) is 26.1. The number of cyclic esters (lactones) is 1. The Balaban J connectivity index is 0.000000233. The summed E-state index contributed by atoms with van der Waals surface area (Å²) in [6, 6.07) is 11.4. The molecule has 2 N–H and O–H groups in total. The molecule has 192 valence electrons. The Morgan fingerprint density at radius 1 is 1.14 bits per heavy atom. The van der Waals surface area contributed by atoms with E-state index in [1.807, 2.05) is 54.5 Å². The van der Waals surface area contributed by atoms with Crippen LogP contribution in [0.25, 0.3) is 22.2 Å². The van der Waals surface area contributed by atoms with Crippen LogP contribution in [0.5, 0.6) is 0 Å². The van der Waals surface area contributed by atoms with Gasteiger partial charge in [-0.2, -0.15) is 0 Å². The first-order valence-corrected chi connectivity index (χ1v) is 13.5. The molecule has 0 radical (unpaired) electrons. The summed E-state index contributed by atoms with van der Waals surface area (Å²) >= 11 is 7.50. The summed E-state index contributed by atoms with van der Waals surface area (Å²) in [5.74, 6) is 0.646. The number of nitrogen functional groups attached to an aromatic ring is 1. The summed E-state index contributed by atoms with van der Waals surface area (Å²) in [6.45, 7) is 5.74. The molecule has 1 amide bonds. The molecule has 4 heterocycles. The fourth-order valence-corrected chi connectivity index (χ4v) is 5.47. The number of fused-ring (bicyclic) bond motifs is 2. The Hall–Kier alpha value is -3.43. The molecule has 2 aromatic carbocycles. The van der Waals surface area contributed by atoms with Gasteiger partial charge in [-0.05, 0) is 62.9 Å². The van der Waals surface area contributed by atoms with Crippen LogP contribution in [0.1, 0.15) is 35.7 Å². The zero-order valence-corrected chi connectivity index (χ0v) is 22.3. The number of piperidine rings is 1. The minimum Gasteiger partial charge on any atom is -0.447 e. The first kappa shape index (κ1) is 25.2. The minimum atomic E-state index is -0.111. The lowest BCUT2D eigenvalue weighted by Gasteiger charge is -2.25. The van der Waals surface area contributed by atoms with Gasteiger partial charge in [0.2, 0.25) is 0 Å². The maximum atomic E-state index is 13.1. The van der Waals surface area contributed by atoms with Gasteiger partial charge in [0.05, 0.1) is 34.2 Å². The Morgan fingerprint density at radius 3 is 2.62 bits per heavy atom. The number of benzene rings is 2. The molecule has 0 spiro atoms. The summed E-state index contributed by atoms with van der Waals surface area (Å²) < 4.78 is 6.54. The van der Waals surface area contributed by atoms with Crippen molar-refractivity contribution < 1.29 is 9.53 Å². The summed E-state index contributed by atoms with van der Waals surface area (Å²) in [7, 11) is 0. The molecule has 6 rings (SSSR count). The van der Waals surface area contributed by atoms with Crippen molar-refractivity contribution in [2.24, 2.45) is 0 Å². The molecular formula is C27H28ClN5O3S. The topological polar surface area (TPSA) is 103 Å². The molecule has 37 heavy (non-hydrogen) atoms. The van der Waals surface area contributed by atoms with Gasteiger partial charge in [0.15, 0.2) is 0 Å². The molecule has 2 fully saturated rings. The van der Waals surface area contributed by atoms with Crippen LogP contribution >= 0.6 is 22.9 Å². The summed E-state index contributed by atoms with van der Waals surface area (Å²) in [6.07, 6.45) is 3.42. The molecule has 0 aliphatic carbocycles. The number of thiazole rings is 1. The van der Waals surface area contributed by atoms with Crippen LogP contribution < -0.4 is 11.3 Å². The number of ether oxygens (including phenoxy) is 1. The smallest absolute Gasteiger partial charge is 0.410 e. The predicted molar refractivity (Wildman–Crippen MR) is 147 cm³/mol. The second kappa shape index (κ2) is 10.5. The van der Waals surface area contributed by atoms with E-state index in [1.54, 1.807) is 22.0 Å². The number of carbonyl (C=O) groups is 1. The lowest BCUT2D eigenvalue weighted by Crippen LogP contribution is -2.37. The molecule has 2 aliphatic heterocycles. The fourth-order valence-electron chi connectivity index (χ4n) is 4.73. The number of aryl methyl sites for hydroxylation is 2. The Kier molecular flexibility index (Phi) is 7.17. The van der Waals surface area contributed by atoms with E-state index >= 15 is 0 Å². The third kappa shape index (κ3) is 5.33. The largest absolute Gasteiger partial charge is 0.447 e. The maximum absolute atomic E-state index is 13.1. The van der Waals surface area contributed by atoms with Crippen molar-refractivity contribution in [1.29, 1.82) is 0 Å². The number of amides is 1. The van der Waals surface area contributed by atoms with Gasteiger partial charge in [0, 0.05) is 28.2 Å². The molecule has 2 aliphatic rings. The van der Waals surface area contributed by atoms with Crippen LogP contribution in [0.4, 0.5) is 10.5 Å². The summed E-state index contributed by atoms with van der Waals surface area (Å²) in [5.41, 5.74) is 9.85. The number of nitrogens with two attached hydrogens (primary N) is 1. The molecule has 10 heteroatoms. The highest BCUT2D eigenvalue weighted by Crippen LogP contribution is 2.30. The molecule has 1 atom stereocenters. The van der Waals surface area contributed by atoms with Gasteiger partial charge in [0.25, 0.3) is 5.56 Å². The van der Waals surface area contributed by atoms with E-state index in [1.165, 1.54) is 6.42 Å². The summed E-state index contributed by atoms with van der Waals surface area (Å²) in [5, 5.41) is 4.09. The van der Waals surface area contributed by atoms with E-state index in [0.717, 1.165) is 41.2 Å². The van der Waals surface area contributed by atoms with E-state index in [2.05, 4.69) is 9.97 Å². The van der Waals surface area contributed by atoms with Crippen LogP contribution in [0.15, 0.2) is 46.6 Å². The Morgan fingerprint density at radius 2 is 1.92 bits per heavy atom. The lowest BCUT2D eigenvalue weighted by atomic mass is 10.0. The number of rotatable bonds is 3. The third-order valence-corrected chi connectivity index (χ3v) is 7.75. The number of hydrogen-bond acceptors (Lipinski definition) is 7. The van der Waals surface area contributed by atoms with Gasteiger partial charge in [-0.25, -0.2) is 14.8 Å².